The van der Waals surface area contributed by atoms with E-state index in [-0.39, 0.29) is 9.39 Å². The van der Waals surface area contributed by atoms with Crippen LogP contribution in [0, 0.1) is 13.8 Å². The van der Waals surface area contributed by atoms with Crippen LogP contribution >= 0.6 is 22.6 Å². The third-order valence-electron chi connectivity index (χ3n) is 1.54. The van der Waals surface area contributed by atoms with Crippen molar-refractivity contribution in [1.82, 2.24) is 4.98 Å². The number of pyridine rings is 1. The minimum Gasteiger partial charge on any atom is -0.398 e. The van der Waals surface area contributed by atoms with Crippen molar-refractivity contribution in [1.29, 1.82) is 0 Å². The van der Waals surface area contributed by atoms with Gasteiger partial charge in [0.15, 0.2) is 3.70 Å². The standard InChI is InChI=1S/C7H4F3IN2O4/c8-7(9,10)17-4-1-3(2-14)12-6(11)5(4)13(15)16/h1,14H,2H2. The molecule has 0 bridgehead atoms. The molecule has 0 saturated carbocycles. The molecule has 0 atom stereocenters. The lowest BCUT2D eigenvalue weighted by Gasteiger charge is -2.10. The van der Waals surface area contributed by atoms with E-state index < -0.39 is 29.3 Å². The van der Waals surface area contributed by atoms with Gasteiger partial charge in [-0.15, -0.1) is 13.2 Å². The number of rotatable bonds is 3. The molecule has 0 saturated heterocycles. The third kappa shape index (κ3) is 3.66. The van der Waals surface area contributed by atoms with E-state index in [1.165, 1.54) is 22.6 Å². The van der Waals surface area contributed by atoms with Gasteiger partial charge in [0.25, 0.3) is 0 Å². The molecular weight excluding hydrogens is 360 g/mol. The largest absolute Gasteiger partial charge is 0.573 e. The zero-order chi connectivity index (χ0) is 13.2. The van der Waals surface area contributed by atoms with Crippen molar-refractivity contribution in [2.75, 3.05) is 0 Å². The van der Waals surface area contributed by atoms with Gasteiger partial charge in [0.2, 0.25) is 5.75 Å². The van der Waals surface area contributed by atoms with Crippen molar-refractivity contribution in [3.63, 3.8) is 0 Å². The van der Waals surface area contributed by atoms with Crippen LogP contribution in [0.2, 0.25) is 0 Å². The molecule has 1 aromatic rings. The number of hydrogen-bond acceptors (Lipinski definition) is 5. The fraction of sp³-hybridized carbons (Fsp3) is 0.286. The molecular formula is C7H4F3IN2O4. The Morgan fingerprint density at radius 3 is 2.59 bits per heavy atom. The second-order valence-electron chi connectivity index (χ2n) is 2.71. The van der Waals surface area contributed by atoms with Crippen LogP contribution in [0.25, 0.3) is 0 Å². The smallest absolute Gasteiger partial charge is 0.398 e. The van der Waals surface area contributed by atoms with E-state index in [2.05, 4.69) is 9.72 Å². The van der Waals surface area contributed by atoms with E-state index in [0.717, 1.165) is 0 Å². The lowest BCUT2D eigenvalue weighted by molar-refractivity contribution is -0.390. The Balaban J connectivity index is 3.32. The summed E-state index contributed by atoms with van der Waals surface area (Å²) < 4.78 is 39.3. The van der Waals surface area contributed by atoms with Crippen molar-refractivity contribution in [2.24, 2.45) is 0 Å². The van der Waals surface area contributed by atoms with E-state index in [1.807, 2.05) is 0 Å². The lowest BCUT2D eigenvalue weighted by atomic mass is 10.3. The summed E-state index contributed by atoms with van der Waals surface area (Å²) in [6.45, 7) is -0.651. The first-order chi connectivity index (χ1) is 7.74. The molecule has 1 aromatic heterocycles. The van der Waals surface area contributed by atoms with E-state index in [0.29, 0.717) is 6.07 Å². The summed E-state index contributed by atoms with van der Waals surface area (Å²) >= 11 is 1.39. The maximum atomic E-state index is 12.0. The Bertz CT molecular complexity index is 451. The van der Waals surface area contributed by atoms with Gasteiger partial charge in [-0.3, -0.25) is 10.1 Å². The Morgan fingerprint density at radius 1 is 1.59 bits per heavy atom. The highest BCUT2D eigenvalue weighted by Crippen LogP contribution is 2.35. The molecule has 0 aliphatic carbocycles. The van der Waals surface area contributed by atoms with Crippen molar-refractivity contribution in [3.05, 3.63) is 25.6 Å². The summed E-state index contributed by atoms with van der Waals surface area (Å²) in [6, 6.07) is 0.674. The lowest BCUT2D eigenvalue weighted by Crippen LogP contribution is -2.18. The minimum absolute atomic E-state index is 0.153. The SMILES string of the molecule is O=[N+]([O-])c1c(OC(F)(F)F)cc(CO)nc1I. The number of halogens is 4. The van der Waals surface area contributed by atoms with Crippen LogP contribution in [-0.4, -0.2) is 21.4 Å². The monoisotopic (exact) mass is 364 g/mol. The van der Waals surface area contributed by atoms with Crippen LogP contribution in [-0.2, 0) is 6.61 Å². The van der Waals surface area contributed by atoms with Crippen molar-refractivity contribution < 1.29 is 27.9 Å². The molecule has 1 heterocycles. The second kappa shape index (κ2) is 5.00. The predicted octanol–water partition coefficient (Wildman–Crippen LogP) is 1.99. The van der Waals surface area contributed by atoms with Crippen LogP contribution in [0.4, 0.5) is 18.9 Å². The van der Waals surface area contributed by atoms with Gasteiger partial charge < -0.3 is 9.84 Å². The minimum atomic E-state index is -5.05. The average molecular weight is 364 g/mol. The van der Waals surface area contributed by atoms with E-state index in [9.17, 15) is 23.3 Å². The number of nitrogens with zero attached hydrogens (tertiary/aromatic N) is 2. The summed E-state index contributed by atoms with van der Waals surface area (Å²) in [4.78, 5) is 13.1. The summed E-state index contributed by atoms with van der Waals surface area (Å²) in [5, 5.41) is 19.3. The topological polar surface area (TPSA) is 85.5 Å². The normalized spacial score (nSPS) is 11.4. The molecule has 0 unspecified atom stereocenters. The Hall–Kier alpha value is -1.17. The molecule has 0 fully saturated rings. The molecule has 0 amide bonds. The number of ether oxygens (including phenoxy) is 1. The fourth-order valence-corrected chi connectivity index (χ4v) is 1.75. The quantitative estimate of drug-likeness (QED) is 0.384. The zero-order valence-corrected chi connectivity index (χ0v) is 10.0. The summed E-state index contributed by atoms with van der Waals surface area (Å²) in [7, 11) is 0. The highest BCUT2D eigenvalue weighted by molar-refractivity contribution is 14.1. The van der Waals surface area contributed by atoms with Gasteiger partial charge in [-0.05, 0) is 22.6 Å². The van der Waals surface area contributed by atoms with Crippen molar-refractivity contribution >= 4 is 28.3 Å². The van der Waals surface area contributed by atoms with Gasteiger partial charge in [0.1, 0.15) is 0 Å². The van der Waals surface area contributed by atoms with Gasteiger partial charge in [-0.25, -0.2) is 4.98 Å². The fourth-order valence-electron chi connectivity index (χ4n) is 0.981. The van der Waals surface area contributed by atoms with Crippen molar-refractivity contribution in [3.8, 4) is 5.75 Å². The zero-order valence-electron chi connectivity index (χ0n) is 7.86. The maximum Gasteiger partial charge on any atom is 0.573 e. The molecule has 1 N–H and O–H groups in total. The molecule has 0 radical (unpaired) electrons. The Kier molecular flexibility index (Phi) is 4.08. The van der Waals surface area contributed by atoms with Gasteiger partial charge in [-0.2, -0.15) is 0 Å². The third-order valence-corrected chi connectivity index (χ3v) is 2.29. The van der Waals surface area contributed by atoms with E-state index >= 15 is 0 Å². The van der Waals surface area contributed by atoms with Crippen LogP contribution in [0.3, 0.4) is 0 Å². The van der Waals surface area contributed by atoms with Crippen LogP contribution in [0.5, 0.6) is 5.75 Å². The summed E-state index contributed by atoms with van der Waals surface area (Å²) in [5.74, 6) is -0.994. The van der Waals surface area contributed by atoms with Crippen molar-refractivity contribution in [2.45, 2.75) is 13.0 Å². The molecule has 0 aromatic carbocycles. The summed E-state index contributed by atoms with van der Waals surface area (Å²) in [5.41, 5.74) is -1.04. The second-order valence-corrected chi connectivity index (χ2v) is 3.74. The number of aliphatic hydroxyl groups excluding tert-OH is 1. The number of aromatic nitrogens is 1. The highest BCUT2D eigenvalue weighted by Gasteiger charge is 2.36. The molecule has 1 rings (SSSR count). The van der Waals surface area contributed by atoms with Gasteiger partial charge in [0.05, 0.1) is 17.2 Å². The van der Waals surface area contributed by atoms with Crippen LogP contribution in [0.15, 0.2) is 6.07 Å². The first kappa shape index (κ1) is 13.9. The summed E-state index contributed by atoms with van der Waals surface area (Å²) in [6.07, 6.45) is -5.05. The maximum absolute atomic E-state index is 12.0. The number of aliphatic hydroxyl groups is 1. The first-order valence-electron chi connectivity index (χ1n) is 3.95. The van der Waals surface area contributed by atoms with Gasteiger partial charge in [0, 0.05) is 6.07 Å². The number of nitro groups is 1. The average Bonchev–Trinajstić information content (AvgIpc) is 2.13. The molecule has 6 nitrogen and oxygen atoms in total. The number of hydrogen-bond donors (Lipinski definition) is 1. The number of alkyl halides is 3. The molecule has 94 valence electrons. The molecule has 17 heavy (non-hydrogen) atoms. The Labute approximate surface area is 106 Å². The molecule has 10 heteroatoms. The Morgan fingerprint density at radius 2 is 2.18 bits per heavy atom. The van der Waals surface area contributed by atoms with E-state index in [4.69, 9.17) is 5.11 Å². The van der Waals surface area contributed by atoms with Crippen LogP contribution < -0.4 is 4.74 Å². The van der Waals surface area contributed by atoms with E-state index in [1.54, 1.807) is 0 Å². The molecule has 0 spiro atoms. The highest BCUT2D eigenvalue weighted by atomic mass is 127. The van der Waals surface area contributed by atoms with Crippen LogP contribution in [0.1, 0.15) is 5.69 Å². The molecule has 0 aliphatic heterocycles. The van der Waals surface area contributed by atoms with Gasteiger partial charge in [-0.1, -0.05) is 0 Å². The first-order valence-corrected chi connectivity index (χ1v) is 5.03. The molecule has 0 aliphatic rings. The predicted molar refractivity (Wildman–Crippen MR) is 56.2 cm³/mol. The van der Waals surface area contributed by atoms with Gasteiger partial charge >= 0.3 is 12.0 Å².